The van der Waals surface area contributed by atoms with Crippen LogP contribution in [0.2, 0.25) is 0 Å². The van der Waals surface area contributed by atoms with Crippen LogP contribution in [0.15, 0.2) is 53.1 Å². The summed E-state index contributed by atoms with van der Waals surface area (Å²) < 4.78 is 23.2. The van der Waals surface area contributed by atoms with Crippen molar-refractivity contribution in [2.75, 3.05) is 33.4 Å². The fraction of sp³-hybridized carbons (Fsp3) is 0.250. The number of amides is 1. The van der Waals surface area contributed by atoms with Gasteiger partial charge in [-0.2, -0.15) is 4.98 Å². The van der Waals surface area contributed by atoms with Gasteiger partial charge >= 0.3 is 0 Å². The van der Waals surface area contributed by atoms with Crippen LogP contribution in [-0.2, 0) is 4.74 Å². The van der Waals surface area contributed by atoms with E-state index in [1.165, 1.54) is 12.1 Å². The minimum atomic E-state index is -0.330. The normalized spacial score (nSPS) is 10.8. The lowest BCUT2D eigenvalue weighted by Gasteiger charge is -2.07. The van der Waals surface area contributed by atoms with Gasteiger partial charge in [0.15, 0.2) is 0 Å². The maximum Gasteiger partial charge on any atom is 0.258 e. The summed E-state index contributed by atoms with van der Waals surface area (Å²) in [4.78, 5) is 16.5. The summed E-state index contributed by atoms with van der Waals surface area (Å²) in [5.74, 6) is 0.217. The van der Waals surface area contributed by atoms with Gasteiger partial charge in [0.1, 0.15) is 5.82 Å². The van der Waals surface area contributed by atoms with Gasteiger partial charge in [-0.25, -0.2) is 4.39 Å². The lowest BCUT2D eigenvalue weighted by atomic mass is 10.1. The number of ether oxygens (including phenoxy) is 1. The van der Waals surface area contributed by atoms with Crippen molar-refractivity contribution in [1.82, 2.24) is 20.8 Å². The van der Waals surface area contributed by atoms with Crippen LogP contribution in [0.4, 0.5) is 4.39 Å². The van der Waals surface area contributed by atoms with Gasteiger partial charge in [0.25, 0.3) is 11.8 Å². The Balaban J connectivity index is 1.57. The first-order chi connectivity index (χ1) is 13.7. The smallest absolute Gasteiger partial charge is 0.258 e. The molecule has 0 aliphatic heterocycles. The number of hydrogen-bond acceptors (Lipinski definition) is 6. The summed E-state index contributed by atoms with van der Waals surface area (Å²) >= 11 is 0. The van der Waals surface area contributed by atoms with Crippen LogP contribution in [0.3, 0.4) is 0 Å². The van der Waals surface area contributed by atoms with Gasteiger partial charge in [-0.15, -0.1) is 0 Å². The summed E-state index contributed by atoms with van der Waals surface area (Å²) in [7, 11) is 1.64. The zero-order valence-electron chi connectivity index (χ0n) is 15.4. The Labute approximate surface area is 161 Å². The van der Waals surface area contributed by atoms with Crippen molar-refractivity contribution < 1.29 is 18.4 Å². The zero-order valence-corrected chi connectivity index (χ0v) is 15.4. The number of halogens is 1. The summed E-state index contributed by atoms with van der Waals surface area (Å²) in [5.41, 5.74) is 1.90. The van der Waals surface area contributed by atoms with Crippen molar-refractivity contribution in [2.24, 2.45) is 0 Å². The lowest BCUT2D eigenvalue weighted by molar-refractivity contribution is 0.0953. The molecule has 0 saturated carbocycles. The average Bonchev–Trinajstić information content (AvgIpc) is 3.21. The maximum absolute atomic E-state index is 13.0. The highest BCUT2D eigenvalue weighted by molar-refractivity contribution is 5.94. The first-order valence-corrected chi connectivity index (χ1v) is 8.85. The fourth-order valence-electron chi connectivity index (χ4n) is 2.49. The van der Waals surface area contributed by atoms with Crippen LogP contribution in [0.25, 0.3) is 22.8 Å². The zero-order chi connectivity index (χ0) is 19.8. The SMILES string of the molecule is COCCNCCNC(=O)c1ccc(-c2noc(-c3ccc(F)cc3)n2)cc1. The van der Waals surface area contributed by atoms with Crippen LogP contribution >= 0.6 is 0 Å². The molecule has 3 rings (SSSR count). The van der Waals surface area contributed by atoms with Gasteiger partial charge in [-0.3, -0.25) is 4.79 Å². The van der Waals surface area contributed by atoms with E-state index < -0.39 is 0 Å². The quantitative estimate of drug-likeness (QED) is 0.551. The van der Waals surface area contributed by atoms with E-state index in [1.807, 2.05) is 0 Å². The van der Waals surface area contributed by atoms with E-state index in [0.717, 1.165) is 12.1 Å². The molecule has 0 unspecified atom stereocenters. The molecule has 0 saturated heterocycles. The summed E-state index contributed by atoms with van der Waals surface area (Å²) in [6.07, 6.45) is 0. The second-order valence-electron chi connectivity index (χ2n) is 6.01. The number of carbonyl (C=O) groups excluding carboxylic acids is 1. The van der Waals surface area contributed by atoms with E-state index in [2.05, 4.69) is 20.8 Å². The third-order valence-corrected chi connectivity index (χ3v) is 3.99. The molecule has 0 atom stereocenters. The van der Waals surface area contributed by atoms with E-state index in [-0.39, 0.29) is 11.7 Å². The Bertz CT molecular complexity index is 895. The summed E-state index contributed by atoms with van der Waals surface area (Å²) in [6, 6.07) is 12.7. The highest BCUT2D eigenvalue weighted by atomic mass is 19.1. The van der Waals surface area contributed by atoms with E-state index in [9.17, 15) is 9.18 Å². The minimum Gasteiger partial charge on any atom is -0.383 e. The number of carbonyl (C=O) groups is 1. The second-order valence-corrected chi connectivity index (χ2v) is 6.01. The first-order valence-electron chi connectivity index (χ1n) is 8.85. The Hall–Kier alpha value is -3.10. The second kappa shape index (κ2) is 9.72. The van der Waals surface area contributed by atoms with Crippen molar-refractivity contribution in [3.8, 4) is 22.8 Å². The van der Waals surface area contributed by atoms with Crippen molar-refractivity contribution >= 4 is 5.91 Å². The van der Waals surface area contributed by atoms with E-state index >= 15 is 0 Å². The third kappa shape index (κ3) is 5.21. The molecule has 0 aliphatic rings. The van der Waals surface area contributed by atoms with Crippen LogP contribution in [0, 0.1) is 5.82 Å². The van der Waals surface area contributed by atoms with Gasteiger partial charge in [0, 0.05) is 43.4 Å². The Morgan fingerprint density at radius 1 is 1.04 bits per heavy atom. The molecule has 1 aromatic heterocycles. The van der Waals surface area contributed by atoms with Gasteiger partial charge < -0.3 is 19.9 Å². The number of nitrogens with zero attached hydrogens (tertiary/aromatic N) is 2. The molecule has 28 heavy (non-hydrogen) atoms. The number of hydrogen-bond donors (Lipinski definition) is 2. The van der Waals surface area contributed by atoms with E-state index in [4.69, 9.17) is 9.26 Å². The van der Waals surface area contributed by atoms with Crippen LogP contribution in [0.5, 0.6) is 0 Å². The molecule has 0 radical (unpaired) electrons. The molecule has 3 aromatic rings. The average molecular weight is 384 g/mol. The van der Waals surface area contributed by atoms with E-state index in [0.29, 0.717) is 42.5 Å². The number of aromatic nitrogens is 2. The van der Waals surface area contributed by atoms with Crippen LogP contribution < -0.4 is 10.6 Å². The maximum atomic E-state index is 13.0. The molecule has 0 fully saturated rings. The van der Waals surface area contributed by atoms with Gasteiger partial charge in [-0.05, 0) is 36.4 Å². The predicted molar refractivity (Wildman–Crippen MR) is 102 cm³/mol. The molecule has 1 heterocycles. The molecule has 0 spiro atoms. The van der Waals surface area contributed by atoms with Gasteiger partial charge in [-0.1, -0.05) is 17.3 Å². The van der Waals surface area contributed by atoms with Crippen LogP contribution in [0.1, 0.15) is 10.4 Å². The molecule has 0 bridgehead atoms. The third-order valence-electron chi connectivity index (χ3n) is 3.99. The number of nitrogens with one attached hydrogen (secondary N) is 2. The highest BCUT2D eigenvalue weighted by Crippen LogP contribution is 2.22. The first kappa shape index (κ1) is 19.7. The molecule has 2 aromatic carbocycles. The Morgan fingerprint density at radius 2 is 1.75 bits per heavy atom. The molecule has 7 nitrogen and oxygen atoms in total. The lowest BCUT2D eigenvalue weighted by Crippen LogP contribution is -2.33. The van der Waals surface area contributed by atoms with Crippen molar-refractivity contribution in [3.63, 3.8) is 0 Å². The monoisotopic (exact) mass is 384 g/mol. The topological polar surface area (TPSA) is 89.3 Å². The van der Waals surface area contributed by atoms with Crippen molar-refractivity contribution in [3.05, 3.63) is 59.9 Å². The fourth-order valence-corrected chi connectivity index (χ4v) is 2.49. The predicted octanol–water partition coefficient (Wildman–Crippen LogP) is 2.51. The molecule has 2 N–H and O–H groups in total. The molecule has 0 aliphatic carbocycles. The Kier molecular flexibility index (Phi) is 6.83. The molecule has 146 valence electrons. The van der Waals surface area contributed by atoms with Crippen molar-refractivity contribution in [1.29, 1.82) is 0 Å². The van der Waals surface area contributed by atoms with E-state index in [1.54, 1.807) is 43.5 Å². The minimum absolute atomic E-state index is 0.153. The number of rotatable bonds is 9. The van der Waals surface area contributed by atoms with Crippen LogP contribution in [-0.4, -0.2) is 49.4 Å². The molecular weight excluding hydrogens is 363 g/mol. The Morgan fingerprint density at radius 3 is 2.46 bits per heavy atom. The van der Waals surface area contributed by atoms with Gasteiger partial charge in [0.2, 0.25) is 5.82 Å². The van der Waals surface area contributed by atoms with Gasteiger partial charge in [0.05, 0.1) is 6.61 Å². The largest absolute Gasteiger partial charge is 0.383 e. The molecular formula is C20H21FN4O3. The molecule has 8 heteroatoms. The number of methoxy groups -OCH3 is 1. The summed E-state index contributed by atoms with van der Waals surface area (Å²) in [6.45, 7) is 2.57. The molecule has 1 amide bonds. The highest BCUT2D eigenvalue weighted by Gasteiger charge is 2.12. The standard InChI is InChI=1S/C20H21FN4O3/c1-27-13-12-22-10-11-23-19(26)15-4-2-14(3-5-15)18-24-20(28-25-18)16-6-8-17(21)9-7-16/h2-9,22H,10-13H2,1H3,(H,23,26). The van der Waals surface area contributed by atoms with Crippen molar-refractivity contribution in [2.45, 2.75) is 0 Å². The number of benzene rings is 2. The summed E-state index contributed by atoms with van der Waals surface area (Å²) in [5, 5.41) is 9.94.